The van der Waals surface area contributed by atoms with Crippen LogP contribution in [0.15, 0.2) is 46.0 Å². The van der Waals surface area contributed by atoms with Gasteiger partial charge in [0.05, 0.1) is 6.20 Å². The molecule has 0 amide bonds. The summed E-state index contributed by atoms with van der Waals surface area (Å²) in [6, 6.07) is 6.47. The number of aromatic nitrogens is 1. The Balaban J connectivity index is 2.61. The molecule has 3 nitrogen and oxygen atoms in total. The fraction of sp³-hybridized carbons (Fsp3) is 0. The molecule has 0 spiro atoms. The largest absolute Gasteiger partial charge is 0.383 e. The lowest BCUT2D eigenvalue weighted by atomic mass is 10.4. The van der Waals surface area contributed by atoms with E-state index in [-0.39, 0.29) is 4.90 Å². The summed E-state index contributed by atoms with van der Waals surface area (Å²) in [4.78, 5) is 0.232. The van der Waals surface area contributed by atoms with Crippen molar-refractivity contribution in [2.45, 2.75) is 4.90 Å². The van der Waals surface area contributed by atoms with Crippen LogP contribution in [-0.4, -0.2) is 8.42 Å². The molecule has 17 heavy (non-hydrogen) atoms. The predicted octanol–water partition coefficient (Wildman–Crippen LogP) is 0.513. The standard InChI is InChI=1S/C12H10BrNO2S/c1-9-7-14(8-10(9)2)17(15,16)12-5-3-11(13)4-6-12/h3-8H,1-2H2. The highest BCUT2D eigenvalue weighted by Gasteiger charge is 2.21. The van der Waals surface area contributed by atoms with Gasteiger partial charge in [0.2, 0.25) is 0 Å². The maximum atomic E-state index is 12.2. The molecule has 0 atom stereocenters. The first-order chi connectivity index (χ1) is 7.91. The van der Waals surface area contributed by atoms with Gasteiger partial charge >= 0.3 is 10.0 Å². The fourth-order valence-electron chi connectivity index (χ4n) is 1.38. The van der Waals surface area contributed by atoms with Crippen LogP contribution in [0.5, 0.6) is 0 Å². The Bertz CT molecular complexity index is 717. The lowest BCUT2D eigenvalue weighted by Gasteiger charge is -1.99. The van der Waals surface area contributed by atoms with E-state index < -0.39 is 10.0 Å². The molecule has 5 heteroatoms. The van der Waals surface area contributed by atoms with Crippen molar-refractivity contribution in [3.63, 3.8) is 0 Å². The molecular weight excluding hydrogens is 302 g/mol. The van der Waals surface area contributed by atoms with Gasteiger partial charge in [0.1, 0.15) is 11.1 Å². The molecule has 1 aromatic carbocycles. The van der Waals surface area contributed by atoms with E-state index >= 15 is 0 Å². The third-order valence-corrected chi connectivity index (χ3v) is 4.53. The van der Waals surface area contributed by atoms with Gasteiger partial charge in [-0.05, 0) is 24.3 Å². The molecule has 0 N–H and O–H groups in total. The van der Waals surface area contributed by atoms with Crippen molar-refractivity contribution >= 4 is 39.1 Å². The van der Waals surface area contributed by atoms with Crippen LogP contribution in [0.1, 0.15) is 0 Å². The van der Waals surface area contributed by atoms with Gasteiger partial charge in [-0.1, -0.05) is 26.4 Å². The van der Waals surface area contributed by atoms with Crippen LogP contribution in [0.2, 0.25) is 0 Å². The van der Waals surface area contributed by atoms with Crippen LogP contribution in [-0.2, 0) is 10.0 Å². The van der Waals surface area contributed by atoms with Crippen LogP contribution >= 0.6 is 15.9 Å². The summed E-state index contributed by atoms with van der Waals surface area (Å²) in [5, 5.41) is 1.20. The van der Waals surface area contributed by atoms with Gasteiger partial charge in [-0.2, -0.15) is 19.0 Å². The van der Waals surface area contributed by atoms with Crippen molar-refractivity contribution in [2.24, 2.45) is 0 Å². The highest BCUT2D eigenvalue weighted by Crippen LogP contribution is 2.13. The Labute approximate surface area is 108 Å². The minimum Gasteiger partial charge on any atom is -0.175 e. The summed E-state index contributed by atoms with van der Waals surface area (Å²) in [5.74, 6) is 0. The molecule has 0 aliphatic carbocycles. The Morgan fingerprint density at radius 2 is 1.76 bits per heavy atom. The second kappa shape index (κ2) is 4.16. The predicted molar refractivity (Wildman–Crippen MR) is 69.2 cm³/mol. The summed E-state index contributed by atoms with van der Waals surface area (Å²) in [5.41, 5.74) is 0. The van der Waals surface area contributed by atoms with Crippen molar-refractivity contribution in [3.8, 4) is 0 Å². The van der Waals surface area contributed by atoms with Gasteiger partial charge in [0.25, 0.3) is 0 Å². The van der Waals surface area contributed by atoms with Crippen LogP contribution in [0, 0.1) is 0 Å². The smallest absolute Gasteiger partial charge is 0.175 e. The molecule has 0 saturated heterocycles. The van der Waals surface area contributed by atoms with Crippen molar-refractivity contribution < 1.29 is 12.4 Å². The highest BCUT2D eigenvalue weighted by atomic mass is 79.9. The normalized spacial score (nSPS) is 11.6. The fourth-order valence-corrected chi connectivity index (χ4v) is 2.90. The molecule has 2 aromatic rings. The summed E-state index contributed by atoms with van der Waals surface area (Å²) in [6.45, 7) is 7.41. The number of hydrogen-bond donors (Lipinski definition) is 0. The summed E-state index contributed by atoms with van der Waals surface area (Å²) >= 11 is 3.26. The first kappa shape index (κ1) is 12.1. The van der Waals surface area contributed by atoms with Gasteiger partial charge in [-0.25, -0.2) is 0 Å². The van der Waals surface area contributed by atoms with Gasteiger partial charge in [-0.3, -0.25) is 0 Å². The molecule has 2 rings (SSSR count). The zero-order chi connectivity index (χ0) is 12.6. The molecule has 0 saturated carbocycles. The average molecular weight is 312 g/mol. The minimum absolute atomic E-state index is 0.232. The number of nitrogens with zero attached hydrogens (tertiary/aromatic N) is 1. The van der Waals surface area contributed by atoms with E-state index in [4.69, 9.17) is 0 Å². The van der Waals surface area contributed by atoms with Gasteiger partial charge in [-0.15, -0.1) is 6.58 Å². The van der Waals surface area contributed by atoms with Crippen molar-refractivity contribution in [1.29, 1.82) is 0 Å². The molecular formula is C12H10BrNO2S. The van der Waals surface area contributed by atoms with Crippen molar-refractivity contribution in [2.75, 3.05) is 0 Å². The lowest BCUT2D eigenvalue weighted by Crippen LogP contribution is -2.41. The zero-order valence-corrected chi connectivity index (χ0v) is 11.3. The summed E-state index contributed by atoms with van der Waals surface area (Å²) < 4.78 is 26.4. The minimum atomic E-state index is -3.54. The lowest BCUT2D eigenvalue weighted by molar-refractivity contribution is -0.508. The van der Waals surface area contributed by atoms with E-state index in [0.29, 0.717) is 10.4 Å². The Kier molecular flexibility index (Phi) is 2.97. The maximum Gasteiger partial charge on any atom is 0.383 e. The molecule has 0 bridgehead atoms. The Hall–Kier alpha value is -1.33. The van der Waals surface area contributed by atoms with E-state index in [9.17, 15) is 8.42 Å². The number of halogens is 1. The molecule has 0 radical (unpaired) electrons. The monoisotopic (exact) mass is 311 g/mol. The SMILES string of the molecule is C=c1c[n+](S(=O)(=O)c2ccc(Br)cc2)[cH-]c1=C. The molecule has 1 aromatic heterocycles. The molecule has 0 aliphatic rings. The Morgan fingerprint density at radius 1 is 1.18 bits per heavy atom. The summed E-state index contributed by atoms with van der Waals surface area (Å²) in [7, 11) is -3.54. The molecule has 0 fully saturated rings. The van der Waals surface area contributed by atoms with E-state index in [1.165, 1.54) is 12.4 Å². The quantitative estimate of drug-likeness (QED) is 0.599. The number of hydrogen-bond acceptors (Lipinski definition) is 2. The van der Waals surface area contributed by atoms with Crippen LogP contribution in [0.25, 0.3) is 13.2 Å². The second-order valence-electron chi connectivity index (χ2n) is 3.60. The molecule has 0 aliphatic heterocycles. The molecule has 0 unspecified atom stereocenters. The number of rotatable bonds is 2. The van der Waals surface area contributed by atoms with Crippen LogP contribution in [0.3, 0.4) is 0 Å². The van der Waals surface area contributed by atoms with Gasteiger partial charge in [0, 0.05) is 4.47 Å². The maximum absolute atomic E-state index is 12.2. The van der Waals surface area contributed by atoms with E-state index in [1.807, 2.05) is 0 Å². The van der Waals surface area contributed by atoms with Gasteiger partial charge in [0.15, 0.2) is 0 Å². The van der Waals surface area contributed by atoms with E-state index in [1.54, 1.807) is 24.3 Å². The van der Waals surface area contributed by atoms with Crippen molar-refractivity contribution in [3.05, 3.63) is 51.6 Å². The second-order valence-corrected chi connectivity index (χ2v) is 6.36. The first-order valence-electron chi connectivity index (χ1n) is 4.78. The van der Waals surface area contributed by atoms with E-state index in [0.717, 1.165) is 8.45 Å². The Morgan fingerprint density at radius 3 is 2.24 bits per heavy atom. The topological polar surface area (TPSA) is 38.0 Å². The third kappa shape index (κ3) is 2.21. The highest BCUT2D eigenvalue weighted by molar-refractivity contribution is 9.10. The average Bonchev–Trinajstić information content (AvgIpc) is 2.60. The van der Waals surface area contributed by atoms with Crippen molar-refractivity contribution in [1.82, 2.24) is 0 Å². The zero-order valence-electron chi connectivity index (χ0n) is 8.93. The molecule has 1 heterocycles. The number of benzene rings is 1. The van der Waals surface area contributed by atoms with Crippen LogP contribution < -0.4 is 14.4 Å². The van der Waals surface area contributed by atoms with E-state index in [2.05, 4.69) is 29.1 Å². The molecule has 88 valence electrons. The first-order valence-corrected chi connectivity index (χ1v) is 7.01. The van der Waals surface area contributed by atoms with Crippen LogP contribution in [0.4, 0.5) is 0 Å². The summed E-state index contributed by atoms with van der Waals surface area (Å²) in [6.07, 6.45) is 2.92. The van der Waals surface area contributed by atoms with Gasteiger partial charge < -0.3 is 0 Å². The third-order valence-electron chi connectivity index (χ3n) is 2.37.